The second-order valence-corrected chi connectivity index (χ2v) is 6.30. The third kappa shape index (κ3) is 4.00. The molecule has 1 aromatic carbocycles. The Hall–Kier alpha value is -2.21. The van der Waals surface area contributed by atoms with E-state index in [1.807, 2.05) is 6.92 Å². The Labute approximate surface area is 142 Å². The van der Waals surface area contributed by atoms with Crippen molar-refractivity contribution in [3.8, 4) is 0 Å². The molecule has 0 aliphatic carbocycles. The average Bonchev–Trinajstić information content (AvgIpc) is 3.02. The quantitative estimate of drug-likeness (QED) is 0.820. The van der Waals surface area contributed by atoms with Crippen molar-refractivity contribution >= 4 is 5.91 Å². The molecule has 1 atom stereocenters. The molecule has 128 valence electrons. The maximum Gasteiger partial charge on any atom is 0.237 e. The number of fused-ring (bicyclic) bond motifs is 1. The first-order valence-electron chi connectivity index (χ1n) is 8.51. The summed E-state index contributed by atoms with van der Waals surface area (Å²) in [5.74, 6) is 1.35. The zero-order valence-corrected chi connectivity index (χ0v) is 14.3. The van der Waals surface area contributed by atoms with E-state index in [2.05, 4.69) is 44.6 Å². The van der Waals surface area contributed by atoms with Crippen molar-refractivity contribution in [3.05, 3.63) is 47.1 Å². The van der Waals surface area contributed by atoms with Gasteiger partial charge in [0.1, 0.15) is 0 Å². The van der Waals surface area contributed by atoms with Crippen LogP contribution in [-0.4, -0.2) is 40.1 Å². The molecule has 0 spiro atoms. The molecule has 0 saturated carbocycles. The third-order valence-corrected chi connectivity index (χ3v) is 4.52. The molecule has 1 amide bonds. The molecule has 0 fully saturated rings. The second-order valence-electron chi connectivity index (χ2n) is 6.30. The normalized spacial score (nSPS) is 15.8. The molecule has 0 unspecified atom stereocenters. The summed E-state index contributed by atoms with van der Waals surface area (Å²) in [6.45, 7) is 6.16. The van der Waals surface area contributed by atoms with Crippen LogP contribution >= 0.6 is 0 Å². The van der Waals surface area contributed by atoms with Gasteiger partial charge in [0.05, 0.1) is 6.04 Å². The van der Waals surface area contributed by atoms with Gasteiger partial charge in [0, 0.05) is 26.1 Å². The molecule has 6 nitrogen and oxygen atoms in total. The van der Waals surface area contributed by atoms with Crippen LogP contribution in [0.2, 0.25) is 0 Å². The highest BCUT2D eigenvalue weighted by atomic mass is 16.5. The number of rotatable bonds is 6. The van der Waals surface area contributed by atoms with Crippen molar-refractivity contribution in [2.75, 3.05) is 13.1 Å². The summed E-state index contributed by atoms with van der Waals surface area (Å²) < 4.78 is 5.07. The fourth-order valence-electron chi connectivity index (χ4n) is 3.05. The molecule has 1 N–H and O–H groups in total. The van der Waals surface area contributed by atoms with Crippen molar-refractivity contribution in [3.63, 3.8) is 0 Å². The minimum absolute atomic E-state index is 0.0797. The summed E-state index contributed by atoms with van der Waals surface area (Å²) in [7, 11) is 0. The van der Waals surface area contributed by atoms with Crippen LogP contribution in [0.25, 0.3) is 0 Å². The van der Waals surface area contributed by atoms with Gasteiger partial charge in [0.25, 0.3) is 0 Å². The highest BCUT2D eigenvalue weighted by molar-refractivity contribution is 5.81. The Kier molecular flexibility index (Phi) is 5.25. The summed E-state index contributed by atoms with van der Waals surface area (Å²) in [4.78, 5) is 18.8. The van der Waals surface area contributed by atoms with E-state index in [1.165, 1.54) is 11.1 Å². The summed E-state index contributed by atoms with van der Waals surface area (Å²) in [6, 6.07) is 8.35. The number of carbonyl (C=O) groups is 1. The topological polar surface area (TPSA) is 71.3 Å². The summed E-state index contributed by atoms with van der Waals surface area (Å²) in [5, 5.41) is 6.77. The van der Waals surface area contributed by atoms with Gasteiger partial charge in [-0.15, -0.1) is 0 Å². The van der Waals surface area contributed by atoms with Crippen LogP contribution in [0.15, 0.2) is 28.8 Å². The van der Waals surface area contributed by atoms with Gasteiger partial charge in [-0.2, -0.15) is 4.98 Å². The van der Waals surface area contributed by atoms with Crippen LogP contribution in [0.1, 0.15) is 36.2 Å². The fraction of sp³-hybridized carbons (Fsp3) is 0.500. The minimum atomic E-state index is -0.121. The van der Waals surface area contributed by atoms with Crippen LogP contribution in [0.4, 0.5) is 0 Å². The van der Waals surface area contributed by atoms with Gasteiger partial charge in [-0.25, -0.2) is 0 Å². The van der Waals surface area contributed by atoms with E-state index in [0.29, 0.717) is 24.7 Å². The van der Waals surface area contributed by atoms with Gasteiger partial charge in [0.2, 0.25) is 11.8 Å². The lowest BCUT2D eigenvalue weighted by molar-refractivity contribution is -0.126. The Morgan fingerprint density at radius 1 is 1.38 bits per heavy atom. The van der Waals surface area contributed by atoms with E-state index in [1.54, 1.807) is 6.92 Å². The van der Waals surface area contributed by atoms with E-state index in [-0.39, 0.29) is 11.9 Å². The Balaban J connectivity index is 1.43. The highest BCUT2D eigenvalue weighted by Gasteiger charge is 2.24. The molecule has 3 rings (SSSR count). The van der Waals surface area contributed by atoms with Crippen molar-refractivity contribution in [2.45, 2.75) is 45.7 Å². The molecule has 1 aromatic heterocycles. The zero-order valence-electron chi connectivity index (χ0n) is 14.3. The van der Waals surface area contributed by atoms with Crippen molar-refractivity contribution < 1.29 is 9.32 Å². The van der Waals surface area contributed by atoms with Crippen LogP contribution < -0.4 is 5.32 Å². The SMILES string of the molecule is Cc1noc(CCCNC(=O)[C@H](C)N2CCc3ccccc3C2)n1. The maximum atomic E-state index is 12.4. The van der Waals surface area contributed by atoms with E-state index in [9.17, 15) is 4.79 Å². The number of nitrogens with zero attached hydrogens (tertiary/aromatic N) is 3. The van der Waals surface area contributed by atoms with Crippen molar-refractivity contribution in [1.29, 1.82) is 0 Å². The molecule has 2 aromatic rings. The standard InChI is InChI=1S/C18H24N4O2/c1-13(22-11-9-15-6-3-4-7-16(15)12-22)18(23)19-10-5-8-17-20-14(2)21-24-17/h3-4,6-7,13H,5,8-12H2,1-2H3,(H,19,23)/t13-/m0/s1. The van der Waals surface area contributed by atoms with Crippen molar-refractivity contribution in [2.24, 2.45) is 0 Å². The van der Waals surface area contributed by atoms with E-state index >= 15 is 0 Å². The Bertz CT molecular complexity index is 698. The highest BCUT2D eigenvalue weighted by Crippen LogP contribution is 2.20. The lowest BCUT2D eigenvalue weighted by Gasteiger charge is -2.32. The predicted molar refractivity (Wildman–Crippen MR) is 90.4 cm³/mol. The zero-order chi connectivity index (χ0) is 16.9. The molecular formula is C18H24N4O2. The largest absolute Gasteiger partial charge is 0.355 e. The lowest BCUT2D eigenvalue weighted by Crippen LogP contribution is -2.47. The summed E-state index contributed by atoms with van der Waals surface area (Å²) in [6.07, 6.45) is 2.49. The van der Waals surface area contributed by atoms with E-state index < -0.39 is 0 Å². The summed E-state index contributed by atoms with van der Waals surface area (Å²) in [5.41, 5.74) is 2.73. The molecule has 24 heavy (non-hydrogen) atoms. The number of benzene rings is 1. The second kappa shape index (κ2) is 7.57. The van der Waals surface area contributed by atoms with Gasteiger partial charge in [-0.1, -0.05) is 29.4 Å². The smallest absolute Gasteiger partial charge is 0.237 e. The van der Waals surface area contributed by atoms with Gasteiger partial charge in [-0.05, 0) is 37.8 Å². The first-order chi connectivity index (χ1) is 11.6. The van der Waals surface area contributed by atoms with Crippen LogP contribution in [0, 0.1) is 6.92 Å². The Morgan fingerprint density at radius 3 is 2.92 bits per heavy atom. The first-order valence-corrected chi connectivity index (χ1v) is 8.51. The third-order valence-electron chi connectivity index (χ3n) is 4.52. The van der Waals surface area contributed by atoms with E-state index in [4.69, 9.17) is 4.52 Å². The molecule has 0 bridgehead atoms. The molecule has 2 heterocycles. The number of nitrogens with one attached hydrogen (secondary N) is 1. The number of hydrogen-bond donors (Lipinski definition) is 1. The van der Waals surface area contributed by atoms with Gasteiger partial charge in [0.15, 0.2) is 5.82 Å². The lowest BCUT2D eigenvalue weighted by atomic mass is 9.99. The average molecular weight is 328 g/mol. The number of hydrogen-bond acceptors (Lipinski definition) is 5. The van der Waals surface area contributed by atoms with Crippen LogP contribution in [-0.2, 0) is 24.2 Å². The summed E-state index contributed by atoms with van der Waals surface area (Å²) >= 11 is 0. The molecule has 1 aliphatic heterocycles. The molecule has 6 heteroatoms. The monoisotopic (exact) mass is 328 g/mol. The van der Waals surface area contributed by atoms with Crippen LogP contribution in [0.5, 0.6) is 0 Å². The van der Waals surface area contributed by atoms with Gasteiger partial charge < -0.3 is 9.84 Å². The first kappa shape index (κ1) is 16.6. The Morgan fingerprint density at radius 2 is 2.17 bits per heavy atom. The molecule has 1 aliphatic rings. The number of amides is 1. The minimum Gasteiger partial charge on any atom is -0.355 e. The number of aromatic nitrogens is 2. The number of aryl methyl sites for hydroxylation is 2. The molecule has 0 saturated heterocycles. The van der Waals surface area contributed by atoms with Gasteiger partial charge >= 0.3 is 0 Å². The molecular weight excluding hydrogens is 304 g/mol. The predicted octanol–water partition coefficient (Wildman–Crippen LogP) is 1.87. The molecule has 0 radical (unpaired) electrons. The van der Waals surface area contributed by atoms with E-state index in [0.717, 1.165) is 25.9 Å². The maximum absolute atomic E-state index is 12.4. The number of carbonyl (C=O) groups excluding carboxylic acids is 1. The fourth-order valence-corrected chi connectivity index (χ4v) is 3.05. The van der Waals surface area contributed by atoms with Gasteiger partial charge in [-0.3, -0.25) is 9.69 Å². The van der Waals surface area contributed by atoms with Crippen molar-refractivity contribution in [1.82, 2.24) is 20.4 Å². The van der Waals surface area contributed by atoms with Crippen LogP contribution in [0.3, 0.4) is 0 Å².